The van der Waals surface area contributed by atoms with Gasteiger partial charge < -0.3 is 14.8 Å². The Balaban J connectivity index is 2.03. The van der Waals surface area contributed by atoms with Gasteiger partial charge in [0.05, 0.1) is 23.3 Å². The smallest absolute Gasteiger partial charge is 0.340 e. The predicted octanol–water partition coefficient (Wildman–Crippen LogP) is 3.51. The molecule has 0 saturated heterocycles. The van der Waals surface area contributed by atoms with Crippen LogP contribution in [0.4, 0.5) is 14.5 Å². The lowest BCUT2D eigenvalue weighted by Gasteiger charge is -2.11. The van der Waals surface area contributed by atoms with Gasteiger partial charge in [0.1, 0.15) is 0 Å². The van der Waals surface area contributed by atoms with Crippen LogP contribution in [0.2, 0.25) is 5.02 Å². The minimum atomic E-state index is -1.27. The van der Waals surface area contributed by atoms with Crippen LogP contribution in [0, 0.1) is 18.6 Å². The molecule has 2 aromatic carbocycles. The van der Waals surface area contributed by atoms with Crippen molar-refractivity contribution >= 4 is 35.1 Å². The number of carbonyl (C=O) groups is 3. The molecule has 142 valence electrons. The van der Waals surface area contributed by atoms with Crippen LogP contribution in [0.25, 0.3) is 0 Å². The number of hydrogen-bond acceptors (Lipinski definition) is 5. The number of halogens is 3. The van der Waals surface area contributed by atoms with E-state index in [9.17, 15) is 23.2 Å². The molecule has 2 aromatic rings. The predicted molar refractivity (Wildman–Crippen MR) is 92.8 cm³/mol. The van der Waals surface area contributed by atoms with E-state index in [1.54, 1.807) is 13.0 Å². The van der Waals surface area contributed by atoms with Crippen LogP contribution in [0.1, 0.15) is 26.3 Å². The van der Waals surface area contributed by atoms with Gasteiger partial charge in [-0.1, -0.05) is 17.7 Å². The van der Waals surface area contributed by atoms with Crippen molar-refractivity contribution in [3.63, 3.8) is 0 Å². The summed E-state index contributed by atoms with van der Waals surface area (Å²) >= 11 is 5.67. The lowest BCUT2D eigenvalue weighted by atomic mass is 10.1. The van der Waals surface area contributed by atoms with Crippen molar-refractivity contribution in [2.24, 2.45) is 0 Å². The molecule has 6 nitrogen and oxygen atoms in total. The van der Waals surface area contributed by atoms with E-state index in [4.69, 9.17) is 16.3 Å². The van der Waals surface area contributed by atoms with Crippen LogP contribution in [-0.4, -0.2) is 31.6 Å². The van der Waals surface area contributed by atoms with E-state index in [0.717, 1.165) is 0 Å². The first-order valence-corrected chi connectivity index (χ1v) is 7.91. The number of anilines is 1. The van der Waals surface area contributed by atoms with Crippen LogP contribution in [0.3, 0.4) is 0 Å². The Morgan fingerprint density at radius 2 is 1.74 bits per heavy atom. The Hall–Kier alpha value is -3.00. The lowest BCUT2D eigenvalue weighted by Crippen LogP contribution is -2.22. The molecule has 9 heteroatoms. The number of aryl methyl sites for hydroxylation is 1. The molecular weight excluding hydrogens is 384 g/mol. The van der Waals surface area contributed by atoms with Gasteiger partial charge in [0, 0.05) is 5.69 Å². The molecule has 0 aromatic heterocycles. The van der Waals surface area contributed by atoms with Crippen molar-refractivity contribution in [1.29, 1.82) is 0 Å². The van der Waals surface area contributed by atoms with Crippen LogP contribution in [0.15, 0.2) is 30.3 Å². The van der Waals surface area contributed by atoms with Crippen molar-refractivity contribution in [3.8, 4) is 0 Å². The SMILES string of the molecule is COC(=O)c1ccc(C)c(NC(=O)COC(=O)c2cc(F)c(F)cc2Cl)c1. The molecule has 0 spiro atoms. The second-order valence-electron chi connectivity index (χ2n) is 5.39. The number of carbonyl (C=O) groups excluding carboxylic acids is 3. The maximum atomic E-state index is 13.2. The average Bonchev–Trinajstić information content (AvgIpc) is 2.63. The number of hydrogen-bond donors (Lipinski definition) is 1. The van der Waals surface area contributed by atoms with Crippen molar-refractivity contribution in [2.45, 2.75) is 6.92 Å². The summed E-state index contributed by atoms with van der Waals surface area (Å²) in [7, 11) is 1.23. The highest BCUT2D eigenvalue weighted by atomic mass is 35.5. The highest BCUT2D eigenvalue weighted by Crippen LogP contribution is 2.21. The Morgan fingerprint density at radius 3 is 2.41 bits per heavy atom. The molecule has 0 radical (unpaired) electrons. The zero-order chi connectivity index (χ0) is 20.1. The summed E-state index contributed by atoms with van der Waals surface area (Å²) in [4.78, 5) is 35.4. The zero-order valence-electron chi connectivity index (χ0n) is 14.3. The van der Waals surface area contributed by atoms with Gasteiger partial charge in [0.25, 0.3) is 5.91 Å². The maximum Gasteiger partial charge on any atom is 0.340 e. The molecule has 2 rings (SSSR count). The van der Waals surface area contributed by atoms with Crippen molar-refractivity contribution in [1.82, 2.24) is 0 Å². The van der Waals surface area contributed by atoms with Gasteiger partial charge in [0.15, 0.2) is 18.2 Å². The normalized spacial score (nSPS) is 10.3. The molecule has 0 heterocycles. The first-order valence-electron chi connectivity index (χ1n) is 7.53. The van der Waals surface area contributed by atoms with Crippen molar-refractivity contribution < 1.29 is 32.6 Å². The van der Waals surface area contributed by atoms with E-state index in [-0.39, 0.29) is 10.6 Å². The molecule has 0 aliphatic rings. The Bertz CT molecular complexity index is 917. The van der Waals surface area contributed by atoms with Gasteiger partial charge in [-0.15, -0.1) is 0 Å². The minimum absolute atomic E-state index is 0.226. The lowest BCUT2D eigenvalue weighted by molar-refractivity contribution is -0.119. The fourth-order valence-electron chi connectivity index (χ4n) is 2.08. The van der Waals surface area contributed by atoms with Gasteiger partial charge in [0.2, 0.25) is 0 Å². The highest BCUT2D eigenvalue weighted by molar-refractivity contribution is 6.33. The number of benzene rings is 2. The molecule has 27 heavy (non-hydrogen) atoms. The van der Waals surface area contributed by atoms with E-state index in [2.05, 4.69) is 10.1 Å². The zero-order valence-corrected chi connectivity index (χ0v) is 15.0. The van der Waals surface area contributed by atoms with E-state index in [1.807, 2.05) is 0 Å². The number of methoxy groups -OCH3 is 1. The van der Waals surface area contributed by atoms with E-state index < -0.39 is 41.7 Å². The number of amides is 1. The second kappa shape index (κ2) is 8.59. The molecule has 0 fully saturated rings. The van der Waals surface area contributed by atoms with Gasteiger partial charge in [-0.2, -0.15) is 0 Å². The Morgan fingerprint density at radius 1 is 1.07 bits per heavy atom. The summed E-state index contributed by atoms with van der Waals surface area (Å²) in [6.45, 7) is 1.000. The van der Waals surface area contributed by atoms with Crippen LogP contribution < -0.4 is 5.32 Å². The first kappa shape index (κ1) is 20.3. The molecule has 0 aliphatic carbocycles. The molecule has 0 atom stereocenters. The summed E-state index contributed by atoms with van der Waals surface area (Å²) in [5.74, 6) is -4.85. The maximum absolute atomic E-state index is 13.2. The third-order valence-electron chi connectivity index (χ3n) is 3.50. The summed E-state index contributed by atoms with van der Waals surface area (Å²) < 4.78 is 35.6. The standard InChI is InChI=1S/C18H14ClF2NO5/c1-9-3-4-10(17(24)26-2)5-15(9)22-16(23)8-27-18(25)11-6-13(20)14(21)7-12(11)19/h3-7H,8H2,1-2H3,(H,22,23). The van der Waals surface area contributed by atoms with Gasteiger partial charge in [-0.05, 0) is 36.8 Å². The second-order valence-corrected chi connectivity index (χ2v) is 5.80. The quantitative estimate of drug-likeness (QED) is 0.616. The Kier molecular flexibility index (Phi) is 6.46. The van der Waals surface area contributed by atoms with Crippen LogP contribution >= 0.6 is 11.6 Å². The molecule has 1 amide bonds. The van der Waals surface area contributed by atoms with Crippen LogP contribution in [-0.2, 0) is 14.3 Å². The van der Waals surface area contributed by atoms with E-state index in [0.29, 0.717) is 23.4 Å². The number of ether oxygens (including phenoxy) is 2. The van der Waals surface area contributed by atoms with Gasteiger partial charge >= 0.3 is 11.9 Å². The average molecular weight is 398 g/mol. The summed E-state index contributed by atoms with van der Waals surface area (Å²) in [5.41, 5.74) is 0.798. The summed E-state index contributed by atoms with van der Waals surface area (Å²) in [5, 5.41) is 2.13. The van der Waals surface area contributed by atoms with Crippen molar-refractivity contribution in [2.75, 3.05) is 19.0 Å². The number of esters is 2. The fourth-order valence-corrected chi connectivity index (χ4v) is 2.30. The Labute approximate surface area is 158 Å². The first-order chi connectivity index (χ1) is 12.7. The van der Waals surface area contributed by atoms with E-state index >= 15 is 0 Å². The third-order valence-corrected chi connectivity index (χ3v) is 3.81. The van der Waals surface area contributed by atoms with E-state index in [1.165, 1.54) is 19.2 Å². The summed E-state index contributed by atoms with van der Waals surface area (Å²) in [6, 6.07) is 5.76. The number of nitrogens with one attached hydrogen (secondary N) is 1. The van der Waals surface area contributed by atoms with Gasteiger partial charge in [-0.25, -0.2) is 18.4 Å². The minimum Gasteiger partial charge on any atom is -0.465 e. The summed E-state index contributed by atoms with van der Waals surface area (Å²) in [6.07, 6.45) is 0. The van der Waals surface area contributed by atoms with Crippen molar-refractivity contribution in [3.05, 3.63) is 63.7 Å². The largest absolute Gasteiger partial charge is 0.465 e. The number of rotatable bonds is 5. The molecular formula is C18H14ClF2NO5. The molecule has 0 bridgehead atoms. The topological polar surface area (TPSA) is 81.7 Å². The van der Waals surface area contributed by atoms with Crippen LogP contribution in [0.5, 0.6) is 0 Å². The monoisotopic (exact) mass is 397 g/mol. The third kappa shape index (κ3) is 5.01. The molecule has 0 saturated carbocycles. The fraction of sp³-hybridized carbons (Fsp3) is 0.167. The molecule has 1 N–H and O–H groups in total. The molecule has 0 aliphatic heterocycles. The molecule has 0 unspecified atom stereocenters. The van der Waals surface area contributed by atoms with Gasteiger partial charge in [-0.3, -0.25) is 4.79 Å². The highest BCUT2D eigenvalue weighted by Gasteiger charge is 2.18.